The Labute approximate surface area is 211 Å². The number of piperazine rings is 1. The first-order chi connectivity index (χ1) is 17.2. The lowest BCUT2D eigenvalue weighted by Crippen LogP contribution is -2.58. The number of carbonyl (C=O) groups is 2. The fourth-order valence-corrected chi connectivity index (χ4v) is 6.07. The Morgan fingerprint density at radius 3 is 2.34 bits per heavy atom. The molecule has 7 heteroatoms. The van der Waals surface area contributed by atoms with Gasteiger partial charge in [0.2, 0.25) is 11.8 Å². The summed E-state index contributed by atoms with van der Waals surface area (Å²) in [7, 11) is 0. The molecule has 0 spiro atoms. The van der Waals surface area contributed by atoms with Crippen LogP contribution >= 0.6 is 0 Å². The Morgan fingerprint density at radius 1 is 1.00 bits per heavy atom. The maximum Gasteiger partial charge on any atom is 0.237 e. The average molecular weight is 485 g/mol. The number of ether oxygens (including phenoxy) is 1. The maximum absolute atomic E-state index is 13.4. The van der Waals surface area contributed by atoms with E-state index in [1.807, 2.05) is 23.1 Å². The van der Waals surface area contributed by atoms with Crippen molar-refractivity contribution in [3.8, 4) is 0 Å². The van der Waals surface area contributed by atoms with Gasteiger partial charge in [-0.3, -0.25) is 19.4 Å². The SMILES string of the molecule is CC[C@@H](C(=O)N1CCN([C@@H](C(=O)NCCCN2CCOCC2)C2CCCC2)CC1)c1ccccc1. The molecule has 0 aromatic heterocycles. The summed E-state index contributed by atoms with van der Waals surface area (Å²) in [6.45, 7) is 10.4. The van der Waals surface area contributed by atoms with Crippen molar-refractivity contribution < 1.29 is 14.3 Å². The van der Waals surface area contributed by atoms with Gasteiger partial charge in [-0.1, -0.05) is 50.1 Å². The van der Waals surface area contributed by atoms with Crippen molar-refractivity contribution in [3.63, 3.8) is 0 Å². The molecule has 4 rings (SSSR count). The number of benzene rings is 1. The minimum Gasteiger partial charge on any atom is -0.379 e. The lowest BCUT2D eigenvalue weighted by atomic mass is 9.93. The lowest BCUT2D eigenvalue weighted by molar-refractivity contribution is -0.136. The second-order valence-corrected chi connectivity index (χ2v) is 10.3. The third kappa shape index (κ3) is 7.05. The van der Waals surface area contributed by atoms with E-state index >= 15 is 0 Å². The van der Waals surface area contributed by atoms with Gasteiger partial charge in [-0.2, -0.15) is 0 Å². The van der Waals surface area contributed by atoms with Gasteiger partial charge < -0.3 is 15.0 Å². The molecule has 2 saturated heterocycles. The summed E-state index contributed by atoms with van der Waals surface area (Å²) >= 11 is 0. The molecule has 2 aliphatic heterocycles. The first-order valence-electron chi connectivity index (χ1n) is 13.8. The van der Waals surface area contributed by atoms with Gasteiger partial charge in [0.05, 0.1) is 25.2 Å². The smallest absolute Gasteiger partial charge is 0.237 e. The van der Waals surface area contributed by atoms with Crippen LogP contribution in [0.25, 0.3) is 0 Å². The van der Waals surface area contributed by atoms with Gasteiger partial charge in [0, 0.05) is 45.8 Å². The van der Waals surface area contributed by atoms with Crippen molar-refractivity contribution in [1.29, 1.82) is 0 Å². The summed E-state index contributed by atoms with van der Waals surface area (Å²) in [5, 5.41) is 3.26. The number of rotatable bonds is 10. The first-order valence-corrected chi connectivity index (χ1v) is 13.8. The Balaban J connectivity index is 1.29. The number of hydrogen-bond donors (Lipinski definition) is 1. The van der Waals surface area contributed by atoms with Gasteiger partial charge in [0.1, 0.15) is 0 Å². The second kappa shape index (κ2) is 13.4. The molecule has 0 bridgehead atoms. The average Bonchev–Trinajstić information content (AvgIpc) is 3.43. The van der Waals surface area contributed by atoms with Crippen molar-refractivity contribution >= 4 is 11.8 Å². The summed E-state index contributed by atoms with van der Waals surface area (Å²) in [5.74, 6) is 0.769. The highest BCUT2D eigenvalue weighted by atomic mass is 16.5. The monoisotopic (exact) mass is 484 g/mol. The summed E-state index contributed by atoms with van der Waals surface area (Å²) in [4.78, 5) is 33.5. The molecule has 2 atom stereocenters. The maximum atomic E-state index is 13.4. The van der Waals surface area contributed by atoms with Crippen LogP contribution < -0.4 is 5.32 Å². The van der Waals surface area contributed by atoms with Gasteiger partial charge in [-0.15, -0.1) is 0 Å². The molecule has 0 unspecified atom stereocenters. The fraction of sp³-hybridized carbons (Fsp3) is 0.714. The van der Waals surface area contributed by atoms with Gasteiger partial charge in [0.25, 0.3) is 0 Å². The van der Waals surface area contributed by atoms with Crippen LogP contribution in [0.2, 0.25) is 0 Å². The highest BCUT2D eigenvalue weighted by Gasteiger charge is 2.37. The van der Waals surface area contributed by atoms with Crippen LogP contribution in [0.5, 0.6) is 0 Å². The van der Waals surface area contributed by atoms with Crippen LogP contribution in [0.15, 0.2) is 30.3 Å². The Bertz CT molecular complexity index is 785. The lowest BCUT2D eigenvalue weighted by Gasteiger charge is -2.41. The van der Waals surface area contributed by atoms with Gasteiger partial charge in [0.15, 0.2) is 0 Å². The van der Waals surface area contributed by atoms with E-state index in [1.54, 1.807) is 0 Å². The fourth-order valence-electron chi connectivity index (χ4n) is 6.07. The molecule has 1 aromatic carbocycles. The van der Waals surface area contributed by atoms with E-state index < -0.39 is 0 Å². The number of hydrogen-bond acceptors (Lipinski definition) is 5. The molecule has 2 amide bonds. The summed E-state index contributed by atoms with van der Waals surface area (Å²) in [5.41, 5.74) is 1.10. The van der Waals surface area contributed by atoms with E-state index in [1.165, 1.54) is 12.8 Å². The molecule has 35 heavy (non-hydrogen) atoms. The van der Waals surface area contributed by atoms with Crippen molar-refractivity contribution in [2.24, 2.45) is 5.92 Å². The third-order valence-electron chi connectivity index (χ3n) is 8.10. The van der Waals surface area contributed by atoms with Crippen LogP contribution in [-0.4, -0.2) is 98.1 Å². The molecule has 0 radical (unpaired) electrons. The number of nitrogens with one attached hydrogen (secondary N) is 1. The highest BCUT2D eigenvalue weighted by Crippen LogP contribution is 2.31. The van der Waals surface area contributed by atoms with E-state index in [2.05, 4.69) is 34.2 Å². The van der Waals surface area contributed by atoms with Crippen LogP contribution in [-0.2, 0) is 14.3 Å². The van der Waals surface area contributed by atoms with Crippen LogP contribution in [0.3, 0.4) is 0 Å². The summed E-state index contributed by atoms with van der Waals surface area (Å²) in [6.07, 6.45) is 6.50. The standard InChI is InChI=1S/C28H44N4O3/c1-2-25(23-9-4-3-5-10-23)28(34)32-17-15-31(16-18-32)26(24-11-6-7-12-24)27(33)29-13-8-14-30-19-21-35-22-20-30/h3-5,9-10,24-26H,2,6-8,11-22H2,1H3,(H,29,33)/t25-,26-/m1/s1. The topological polar surface area (TPSA) is 65.1 Å². The van der Waals surface area contributed by atoms with Crippen LogP contribution in [0.4, 0.5) is 0 Å². The molecular formula is C28H44N4O3. The Hall–Kier alpha value is -1.96. The summed E-state index contributed by atoms with van der Waals surface area (Å²) < 4.78 is 5.42. The first kappa shape index (κ1) is 26.1. The molecule has 194 valence electrons. The number of amides is 2. The van der Waals surface area contributed by atoms with E-state index in [0.29, 0.717) is 19.0 Å². The van der Waals surface area contributed by atoms with Crippen molar-refractivity contribution in [3.05, 3.63) is 35.9 Å². The zero-order valence-corrected chi connectivity index (χ0v) is 21.5. The number of nitrogens with zero attached hydrogens (tertiary/aromatic N) is 3. The number of morpholine rings is 1. The molecule has 1 aliphatic carbocycles. The van der Waals surface area contributed by atoms with Crippen LogP contribution in [0, 0.1) is 5.92 Å². The minimum absolute atomic E-state index is 0.0609. The van der Waals surface area contributed by atoms with Crippen molar-refractivity contribution in [2.45, 2.75) is 57.4 Å². The number of carbonyl (C=O) groups excluding carboxylic acids is 2. The largest absolute Gasteiger partial charge is 0.379 e. The summed E-state index contributed by atoms with van der Waals surface area (Å²) in [6, 6.07) is 10.1. The Morgan fingerprint density at radius 2 is 1.69 bits per heavy atom. The van der Waals surface area contributed by atoms with E-state index in [9.17, 15) is 9.59 Å². The predicted molar refractivity (Wildman–Crippen MR) is 138 cm³/mol. The quantitative estimate of drug-likeness (QED) is 0.518. The zero-order chi connectivity index (χ0) is 24.5. The van der Waals surface area contributed by atoms with Crippen LogP contribution in [0.1, 0.15) is 56.9 Å². The second-order valence-electron chi connectivity index (χ2n) is 10.3. The van der Waals surface area contributed by atoms with E-state index in [0.717, 1.165) is 83.7 Å². The third-order valence-corrected chi connectivity index (χ3v) is 8.10. The minimum atomic E-state index is -0.0804. The normalized spacial score (nSPS) is 22.1. The van der Waals surface area contributed by atoms with Crippen molar-refractivity contribution in [1.82, 2.24) is 20.0 Å². The zero-order valence-electron chi connectivity index (χ0n) is 21.5. The molecule has 1 saturated carbocycles. The van der Waals surface area contributed by atoms with Gasteiger partial charge >= 0.3 is 0 Å². The molecule has 7 nitrogen and oxygen atoms in total. The molecule has 3 fully saturated rings. The molecule has 1 N–H and O–H groups in total. The molecular weight excluding hydrogens is 440 g/mol. The van der Waals surface area contributed by atoms with Crippen molar-refractivity contribution in [2.75, 3.05) is 65.6 Å². The molecule has 2 heterocycles. The Kier molecular flexibility index (Phi) is 9.98. The molecule has 1 aromatic rings. The van der Waals surface area contributed by atoms with E-state index in [4.69, 9.17) is 4.74 Å². The van der Waals surface area contributed by atoms with Gasteiger partial charge in [-0.25, -0.2) is 0 Å². The predicted octanol–water partition coefficient (Wildman–Crippen LogP) is 2.72. The highest BCUT2D eigenvalue weighted by molar-refractivity contribution is 5.84. The van der Waals surface area contributed by atoms with E-state index in [-0.39, 0.29) is 23.8 Å². The molecule has 3 aliphatic rings. The van der Waals surface area contributed by atoms with Gasteiger partial charge in [-0.05, 0) is 43.7 Å².